The van der Waals surface area contributed by atoms with Crippen LogP contribution in [0.4, 0.5) is 22.0 Å². The van der Waals surface area contributed by atoms with Crippen LogP contribution in [0.5, 0.6) is 5.75 Å². The molecule has 0 unspecified atom stereocenters. The molecule has 0 amide bonds. The van der Waals surface area contributed by atoms with E-state index in [1.807, 2.05) is 0 Å². The summed E-state index contributed by atoms with van der Waals surface area (Å²) < 4.78 is 81.0. The lowest BCUT2D eigenvalue weighted by molar-refractivity contribution is -0.143. The Labute approximate surface area is 171 Å². The largest absolute Gasteiger partial charge is 0.496 e. The maximum Gasteiger partial charge on any atom is 0.419 e. The molecule has 2 rings (SSSR count). The number of methoxy groups -OCH3 is 1. The van der Waals surface area contributed by atoms with E-state index in [0.29, 0.717) is 22.9 Å². The minimum Gasteiger partial charge on any atom is -0.496 e. The zero-order chi connectivity index (χ0) is 22.8. The van der Waals surface area contributed by atoms with Crippen molar-refractivity contribution in [3.05, 3.63) is 52.1 Å². The molecule has 0 N–H and O–H groups in total. The van der Waals surface area contributed by atoms with Crippen LogP contribution in [-0.4, -0.2) is 19.7 Å². The summed E-state index contributed by atoms with van der Waals surface area (Å²) in [4.78, 5) is 11.8. The number of carbonyl (C=O) groups excluding carboxylic acids is 1. The molecule has 0 aliphatic carbocycles. The zero-order valence-corrected chi connectivity index (χ0v) is 17.3. The number of aryl methyl sites for hydroxylation is 1. The number of rotatable bonds is 6. The lowest BCUT2D eigenvalue weighted by Crippen LogP contribution is -2.16. The zero-order valence-electron chi connectivity index (χ0n) is 17.3. The second-order valence-electron chi connectivity index (χ2n) is 7.01. The van der Waals surface area contributed by atoms with Gasteiger partial charge >= 0.3 is 12.1 Å². The van der Waals surface area contributed by atoms with Crippen LogP contribution in [0.25, 0.3) is 11.1 Å². The standard InChI is InChI=1S/C22H23F5O3/c1-6-30-17(28)9-12(3)19-20(23)14(10-15(21(19)24)22(25,26)27)18-11(2)7-8-16(29-5)13(18)4/h7-8,10,12H,6,9H2,1-5H3/t12-/m0/s1. The van der Waals surface area contributed by atoms with Gasteiger partial charge < -0.3 is 9.47 Å². The molecule has 0 spiro atoms. The molecular formula is C22H23F5O3. The van der Waals surface area contributed by atoms with Crippen molar-refractivity contribution < 1.29 is 36.2 Å². The molecule has 2 aromatic carbocycles. The van der Waals surface area contributed by atoms with Gasteiger partial charge in [0, 0.05) is 11.1 Å². The van der Waals surface area contributed by atoms with Crippen LogP contribution in [0.1, 0.15) is 48.4 Å². The SMILES string of the molecule is CCOC(=O)C[C@H](C)c1c(F)c(-c2c(C)ccc(OC)c2C)cc(C(F)(F)F)c1F. The van der Waals surface area contributed by atoms with Crippen LogP contribution in [0.3, 0.4) is 0 Å². The highest BCUT2D eigenvalue weighted by Crippen LogP contribution is 2.43. The van der Waals surface area contributed by atoms with Crippen LogP contribution in [0.2, 0.25) is 0 Å². The lowest BCUT2D eigenvalue weighted by atomic mass is 9.87. The molecule has 0 aliphatic rings. The van der Waals surface area contributed by atoms with E-state index in [2.05, 4.69) is 0 Å². The lowest BCUT2D eigenvalue weighted by Gasteiger charge is -2.22. The number of halogens is 5. The van der Waals surface area contributed by atoms with E-state index in [9.17, 15) is 22.4 Å². The molecule has 0 fully saturated rings. The molecule has 30 heavy (non-hydrogen) atoms. The monoisotopic (exact) mass is 430 g/mol. The number of benzene rings is 2. The van der Waals surface area contributed by atoms with E-state index in [0.717, 1.165) is 0 Å². The molecule has 164 valence electrons. The fraction of sp³-hybridized carbons (Fsp3) is 0.409. The topological polar surface area (TPSA) is 35.5 Å². The first-order valence-corrected chi connectivity index (χ1v) is 9.33. The average Bonchev–Trinajstić information content (AvgIpc) is 2.62. The average molecular weight is 430 g/mol. The summed E-state index contributed by atoms with van der Waals surface area (Å²) in [6, 6.07) is 3.67. The van der Waals surface area contributed by atoms with Crippen molar-refractivity contribution >= 4 is 5.97 Å². The van der Waals surface area contributed by atoms with Crippen LogP contribution in [0.15, 0.2) is 18.2 Å². The van der Waals surface area contributed by atoms with Gasteiger partial charge in [0.25, 0.3) is 0 Å². The molecule has 0 saturated carbocycles. The van der Waals surface area contributed by atoms with E-state index in [4.69, 9.17) is 9.47 Å². The third-order valence-electron chi connectivity index (χ3n) is 4.92. The van der Waals surface area contributed by atoms with Gasteiger partial charge in [-0.3, -0.25) is 4.79 Å². The highest BCUT2D eigenvalue weighted by atomic mass is 19.4. The van der Waals surface area contributed by atoms with Crippen molar-refractivity contribution in [2.24, 2.45) is 0 Å². The molecule has 3 nitrogen and oxygen atoms in total. The van der Waals surface area contributed by atoms with Gasteiger partial charge in [-0.15, -0.1) is 0 Å². The van der Waals surface area contributed by atoms with Gasteiger partial charge in [0.2, 0.25) is 0 Å². The first-order chi connectivity index (χ1) is 13.9. The van der Waals surface area contributed by atoms with Gasteiger partial charge in [0.15, 0.2) is 0 Å². The minimum atomic E-state index is -5.05. The normalized spacial score (nSPS) is 12.6. The van der Waals surface area contributed by atoms with Crippen molar-refractivity contribution in [3.63, 3.8) is 0 Å². The summed E-state index contributed by atoms with van der Waals surface area (Å²) in [5.41, 5.74) is -1.69. The van der Waals surface area contributed by atoms with E-state index in [1.54, 1.807) is 32.9 Å². The Morgan fingerprint density at radius 3 is 2.30 bits per heavy atom. The van der Waals surface area contributed by atoms with Gasteiger partial charge in [0.1, 0.15) is 17.4 Å². The third-order valence-corrected chi connectivity index (χ3v) is 4.92. The van der Waals surface area contributed by atoms with Crippen molar-refractivity contribution in [2.45, 2.75) is 46.2 Å². The molecule has 0 saturated heterocycles. The fourth-order valence-corrected chi connectivity index (χ4v) is 3.51. The second kappa shape index (κ2) is 9.02. The first-order valence-electron chi connectivity index (χ1n) is 9.33. The summed E-state index contributed by atoms with van der Waals surface area (Å²) in [5.74, 6) is -4.43. The van der Waals surface area contributed by atoms with Gasteiger partial charge in [-0.05, 0) is 55.5 Å². The van der Waals surface area contributed by atoms with E-state index in [1.165, 1.54) is 14.0 Å². The van der Waals surface area contributed by atoms with Crippen LogP contribution in [-0.2, 0) is 15.7 Å². The van der Waals surface area contributed by atoms with Crippen LogP contribution in [0, 0.1) is 25.5 Å². The fourth-order valence-electron chi connectivity index (χ4n) is 3.51. The highest BCUT2D eigenvalue weighted by molar-refractivity contribution is 5.76. The van der Waals surface area contributed by atoms with Crippen molar-refractivity contribution in [3.8, 4) is 16.9 Å². The van der Waals surface area contributed by atoms with Crippen molar-refractivity contribution in [2.75, 3.05) is 13.7 Å². The summed E-state index contributed by atoms with van der Waals surface area (Å²) in [6.45, 7) is 6.08. The summed E-state index contributed by atoms with van der Waals surface area (Å²) in [7, 11) is 1.39. The Morgan fingerprint density at radius 1 is 1.13 bits per heavy atom. The number of alkyl halides is 3. The minimum absolute atomic E-state index is 0.0482. The quantitative estimate of drug-likeness (QED) is 0.397. The van der Waals surface area contributed by atoms with Crippen molar-refractivity contribution in [1.82, 2.24) is 0 Å². The Hall–Kier alpha value is -2.64. The number of hydrogen-bond acceptors (Lipinski definition) is 3. The summed E-state index contributed by atoms with van der Waals surface area (Å²) in [5, 5.41) is 0. The van der Waals surface area contributed by atoms with Gasteiger partial charge in [0.05, 0.1) is 25.7 Å². The predicted molar refractivity (Wildman–Crippen MR) is 102 cm³/mol. The van der Waals surface area contributed by atoms with Crippen LogP contribution >= 0.6 is 0 Å². The Kier molecular flexibility index (Phi) is 7.10. The molecule has 2 aromatic rings. The molecule has 8 heteroatoms. The summed E-state index contributed by atoms with van der Waals surface area (Å²) in [6.07, 6.45) is -5.51. The molecule has 0 bridgehead atoms. The number of carbonyl (C=O) groups is 1. The first kappa shape index (κ1) is 23.6. The highest BCUT2D eigenvalue weighted by Gasteiger charge is 2.39. The third kappa shape index (κ3) is 4.57. The molecule has 1 atom stereocenters. The van der Waals surface area contributed by atoms with Gasteiger partial charge in [-0.2, -0.15) is 13.2 Å². The molecule has 0 heterocycles. The van der Waals surface area contributed by atoms with Gasteiger partial charge in [-0.1, -0.05) is 13.0 Å². The van der Waals surface area contributed by atoms with E-state index >= 15 is 4.39 Å². The van der Waals surface area contributed by atoms with Crippen LogP contribution < -0.4 is 4.74 Å². The Balaban J connectivity index is 2.82. The maximum atomic E-state index is 15.5. The number of esters is 1. The van der Waals surface area contributed by atoms with Crippen molar-refractivity contribution in [1.29, 1.82) is 0 Å². The predicted octanol–water partition coefficient (Wildman–Crippen LogP) is 6.33. The smallest absolute Gasteiger partial charge is 0.419 e. The second-order valence-corrected chi connectivity index (χ2v) is 7.01. The Morgan fingerprint density at radius 2 is 1.77 bits per heavy atom. The molecular weight excluding hydrogens is 407 g/mol. The number of ether oxygens (including phenoxy) is 2. The maximum absolute atomic E-state index is 15.5. The summed E-state index contributed by atoms with van der Waals surface area (Å²) >= 11 is 0. The number of hydrogen-bond donors (Lipinski definition) is 0. The van der Waals surface area contributed by atoms with E-state index < -0.39 is 52.8 Å². The van der Waals surface area contributed by atoms with E-state index in [-0.39, 0.29) is 12.2 Å². The van der Waals surface area contributed by atoms with Gasteiger partial charge in [-0.25, -0.2) is 8.78 Å². The Bertz CT molecular complexity index is 951. The molecule has 0 radical (unpaired) electrons. The molecule has 0 aliphatic heterocycles. The molecule has 0 aromatic heterocycles.